The first-order valence-electron chi connectivity index (χ1n) is 5.35. The van der Waals surface area contributed by atoms with Crippen molar-refractivity contribution in [3.8, 4) is 11.1 Å². The summed E-state index contributed by atoms with van der Waals surface area (Å²) >= 11 is 0. The second kappa shape index (κ2) is 4.37. The molecule has 0 saturated heterocycles. The van der Waals surface area contributed by atoms with Gasteiger partial charge in [0.25, 0.3) is 0 Å². The van der Waals surface area contributed by atoms with Crippen LogP contribution < -0.4 is 0 Å². The molecule has 0 atom stereocenters. The molecule has 0 spiro atoms. The lowest BCUT2D eigenvalue weighted by Gasteiger charge is -2.09. The number of hydrogen-bond donors (Lipinski definition) is 1. The topological polar surface area (TPSA) is 50.2 Å². The van der Waals surface area contributed by atoms with Gasteiger partial charge in [0.2, 0.25) is 0 Å². The number of carboxylic acid groups (broad SMARTS) is 1. The van der Waals surface area contributed by atoms with Crippen LogP contribution in [0.5, 0.6) is 0 Å². The number of rotatable bonds is 2. The van der Waals surface area contributed by atoms with Gasteiger partial charge in [-0.15, -0.1) is 0 Å². The van der Waals surface area contributed by atoms with Crippen LogP contribution >= 0.6 is 0 Å². The van der Waals surface area contributed by atoms with Crippen LogP contribution in [-0.4, -0.2) is 16.1 Å². The van der Waals surface area contributed by atoms with Crippen molar-refractivity contribution >= 4 is 5.97 Å². The lowest BCUT2D eigenvalue weighted by Crippen LogP contribution is -2.03. The fourth-order valence-corrected chi connectivity index (χ4v) is 1.82. The van der Waals surface area contributed by atoms with Gasteiger partial charge in [-0.3, -0.25) is 0 Å². The number of hydrogen-bond acceptors (Lipinski definition) is 2. The van der Waals surface area contributed by atoms with Gasteiger partial charge in [0.05, 0.1) is 0 Å². The van der Waals surface area contributed by atoms with E-state index < -0.39 is 5.97 Å². The van der Waals surface area contributed by atoms with Gasteiger partial charge in [0, 0.05) is 11.8 Å². The molecule has 0 radical (unpaired) electrons. The van der Waals surface area contributed by atoms with Crippen LogP contribution in [-0.2, 0) is 0 Å². The Labute approximate surface area is 99.8 Å². The van der Waals surface area contributed by atoms with E-state index in [4.69, 9.17) is 5.11 Å². The first-order valence-corrected chi connectivity index (χ1v) is 5.35. The van der Waals surface area contributed by atoms with Gasteiger partial charge in [0.15, 0.2) is 5.69 Å². The highest BCUT2D eigenvalue weighted by Crippen LogP contribution is 2.26. The van der Waals surface area contributed by atoms with E-state index >= 15 is 0 Å². The zero-order valence-electron chi connectivity index (χ0n) is 9.77. The van der Waals surface area contributed by atoms with Crippen molar-refractivity contribution < 1.29 is 9.90 Å². The Balaban J connectivity index is 2.68. The Morgan fingerprint density at radius 1 is 1.18 bits per heavy atom. The molecule has 0 bridgehead atoms. The number of carbonyl (C=O) groups is 1. The van der Waals surface area contributed by atoms with Gasteiger partial charge in [-0.05, 0) is 31.0 Å². The molecule has 1 aromatic heterocycles. The average molecular weight is 227 g/mol. The summed E-state index contributed by atoms with van der Waals surface area (Å²) in [5.41, 5.74) is 3.84. The Kier molecular flexibility index (Phi) is 2.91. The lowest BCUT2D eigenvalue weighted by atomic mass is 9.97. The second-order valence-corrected chi connectivity index (χ2v) is 4.02. The molecule has 0 saturated carbocycles. The molecule has 0 fully saturated rings. The van der Waals surface area contributed by atoms with Crippen LogP contribution in [0, 0.1) is 13.8 Å². The fourth-order valence-electron chi connectivity index (χ4n) is 1.82. The maximum atomic E-state index is 11.1. The van der Waals surface area contributed by atoms with Gasteiger partial charge >= 0.3 is 5.97 Å². The van der Waals surface area contributed by atoms with E-state index in [1.54, 1.807) is 12.1 Å². The molecule has 1 heterocycles. The highest BCUT2D eigenvalue weighted by Gasteiger charge is 2.13. The molecule has 0 unspecified atom stereocenters. The molecule has 0 aliphatic heterocycles. The monoisotopic (exact) mass is 227 g/mol. The summed E-state index contributed by atoms with van der Waals surface area (Å²) in [7, 11) is 0. The van der Waals surface area contributed by atoms with Crippen LogP contribution in [0.25, 0.3) is 11.1 Å². The van der Waals surface area contributed by atoms with E-state index in [0.717, 1.165) is 16.7 Å². The van der Waals surface area contributed by atoms with Crippen LogP contribution in [0.15, 0.2) is 36.5 Å². The van der Waals surface area contributed by atoms with E-state index in [1.165, 1.54) is 6.20 Å². The number of aromatic nitrogens is 1. The van der Waals surface area contributed by atoms with Crippen molar-refractivity contribution in [2.24, 2.45) is 0 Å². The van der Waals surface area contributed by atoms with E-state index in [2.05, 4.69) is 4.98 Å². The Morgan fingerprint density at radius 2 is 1.94 bits per heavy atom. The lowest BCUT2D eigenvalue weighted by molar-refractivity contribution is 0.0691. The van der Waals surface area contributed by atoms with Crippen molar-refractivity contribution in [3.63, 3.8) is 0 Å². The third kappa shape index (κ3) is 2.18. The molecule has 0 aliphatic rings. The molecular formula is C14H13NO2. The predicted molar refractivity (Wildman–Crippen MR) is 66.1 cm³/mol. The summed E-state index contributed by atoms with van der Waals surface area (Å²) in [4.78, 5) is 15.1. The number of nitrogens with zero attached hydrogens (tertiary/aromatic N) is 1. The van der Waals surface area contributed by atoms with Crippen molar-refractivity contribution in [1.29, 1.82) is 0 Å². The normalized spacial score (nSPS) is 10.2. The van der Waals surface area contributed by atoms with Gasteiger partial charge in [-0.25, -0.2) is 9.78 Å². The minimum atomic E-state index is -0.999. The molecule has 1 N–H and O–H groups in total. The van der Waals surface area contributed by atoms with Crippen LogP contribution in [0.4, 0.5) is 0 Å². The average Bonchev–Trinajstić information content (AvgIpc) is 2.32. The largest absolute Gasteiger partial charge is 0.476 e. The Morgan fingerprint density at radius 3 is 2.65 bits per heavy atom. The summed E-state index contributed by atoms with van der Waals surface area (Å²) in [6, 6.07) is 9.53. The number of aryl methyl sites for hydroxylation is 2. The summed E-state index contributed by atoms with van der Waals surface area (Å²) in [5, 5.41) is 9.12. The van der Waals surface area contributed by atoms with Crippen molar-refractivity contribution in [1.82, 2.24) is 4.98 Å². The number of aromatic carboxylic acids is 1. The highest BCUT2D eigenvalue weighted by atomic mass is 16.4. The van der Waals surface area contributed by atoms with E-state index in [0.29, 0.717) is 5.56 Å². The molecule has 0 amide bonds. The Bertz CT molecular complexity index is 576. The van der Waals surface area contributed by atoms with E-state index in [1.807, 2.05) is 32.0 Å². The van der Waals surface area contributed by atoms with Gasteiger partial charge in [-0.2, -0.15) is 0 Å². The first kappa shape index (κ1) is 11.3. The second-order valence-electron chi connectivity index (χ2n) is 4.02. The van der Waals surface area contributed by atoms with E-state index in [-0.39, 0.29) is 5.69 Å². The first-order chi connectivity index (χ1) is 8.09. The molecule has 2 rings (SSSR count). The zero-order chi connectivity index (χ0) is 12.4. The number of benzene rings is 1. The van der Waals surface area contributed by atoms with Crippen LogP contribution in [0.3, 0.4) is 0 Å². The van der Waals surface area contributed by atoms with Crippen molar-refractivity contribution in [2.45, 2.75) is 13.8 Å². The summed E-state index contributed by atoms with van der Waals surface area (Å²) < 4.78 is 0. The smallest absolute Gasteiger partial charge is 0.355 e. The molecule has 17 heavy (non-hydrogen) atoms. The highest BCUT2D eigenvalue weighted by molar-refractivity contribution is 5.94. The maximum absolute atomic E-state index is 11.1. The van der Waals surface area contributed by atoms with Crippen LogP contribution in [0.1, 0.15) is 21.6 Å². The number of pyridine rings is 1. The van der Waals surface area contributed by atoms with Crippen molar-refractivity contribution in [3.05, 3.63) is 53.3 Å². The standard InChI is InChI=1S/C14H13NO2/c1-9-5-6-10(2)12(8-9)11-4-3-7-15-13(11)14(16)17/h3-8H,1-2H3,(H,16,17). The fraction of sp³-hybridized carbons (Fsp3) is 0.143. The maximum Gasteiger partial charge on any atom is 0.355 e. The van der Waals surface area contributed by atoms with Crippen molar-refractivity contribution in [2.75, 3.05) is 0 Å². The Hall–Kier alpha value is -2.16. The van der Waals surface area contributed by atoms with Gasteiger partial charge in [-0.1, -0.05) is 29.8 Å². The summed E-state index contributed by atoms with van der Waals surface area (Å²) in [5.74, 6) is -0.999. The molecule has 3 nitrogen and oxygen atoms in total. The zero-order valence-corrected chi connectivity index (χ0v) is 9.77. The summed E-state index contributed by atoms with van der Waals surface area (Å²) in [6.07, 6.45) is 1.50. The molecule has 2 aromatic rings. The quantitative estimate of drug-likeness (QED) is 0.857. The molecular weight excluding hydrogens is 214 g/mol. The molecule has 1 aromatic carbocycles. The van der Waals surface area contributed by atoms with Crippen LogP contribution in [0.2, 0.25) is 0 Å². The molecule has 86 valence electrons. The minimum absolute atomic E-state index is 0.0983. The van der Waals surface area contributed by atoms with Gasteiger partial charge in [0.1, 0.15) is 0 Å². The third-order valence-electron chi connectivity index (χ3n) is 2.69. The third-order valence-corrected chi connectivity index (χ3v) is 2.69. The van der Waals surface area contributed by atoms with E-state index in [9.17, 15) is 4.79 Å². The molecule has 0 aliphatic carbocycles. The van der Waals surface area contributed by atoms with Gasteiger partial charge < -0.3 is 5.11 Å². The molecule has 3 heteroatoms. The predicted octanol–water partition coefficient (Wildman–Crippen LogP) is 3.06. The number of carboxylic acids is 1. The SMILES string of the molecule is Cc1ccc(C)c(-c2cccnc2C(=O)O)c1. The minimum Gasteiger partial charge on any atom is -0.476 e. The summed E-state index contributed by atoms with van der Waals surface area (Å²) in [6.45, 7) is 3.95.